The van der Waals surface area contributed by atoms with Gasteiger partial charge >= 0.3 is 6.18 Å². The van der Waals surface area contributed by atoms with Crippen LogP contribution in [-0.2, 0) is 0 Å². The Labute approximate surface area is 134 Å². The van der Waals surface area contributed by atoms with Gasteiger partial charge in [-0.25, -0.2) is 0 Å². The fraction of sp³-hybridized carbons (Fsp3) is 0.429. The van der Waals surface area contributed by atoms with Crippen molar-refractivity contribution in [3.05, 3.63) is 39.9 Å². The third-order valence-corrected chi connectivity index (χ3v) is 3.64. The van der Waals surface area contributed by atoms with Gasteiger partial charge < -0.3 is 5.11 Å². The van der Waals surface area contributed by atoms with Crippen molar-refractivity contribution in [2.24, 2.45) is 11.0 Å². The Bertz CT molecular complexity index is 700. The highest BCUT2D eigenvalue weighted by atomic mass is 19.4. The molecule has 1 aromatic rings. The van der Waals surface area contributed by atoms with E-state index in [4.69, 9.17) is 0 Å². The summed E-state index contributed by atoms with van der Waals surface area (Å²) in [5.74, 6) is -1.59. The summed E-state index contributed by atoms with van der Waals surface area (Å²) < 4.78 is 39.8. The number of nitrogens with zero attached hydrogens (tertiary/aromatic N) is 3. The zero-order valence-electron chi connectivity index (χ0n) is 12.7. The second-order valence-corrected chi connectivity index (χ2v) is 5.66. The Morgan fingerprint density at radius 3 is 2.33 bits per heavy atom. The number of non-ortho nitro benzene ring substituents is 1. The Morgan fingerprint density at radius 2 is 1.92 bits per heavy atom. The number of halogens is 3. The zero-order valence-corrected chi connectivity index (χ0v) is 12.7. The monoisotopic (exact) mass is 345 g/mol. The molecule has 1 aliphatic heterocycles. The number of carbonyl (C=O) groups excluding carboxylic acids is 1. The van der Waals surface area contributed by atoms with E-state index in [9.17, 15) is 33.2 Å². The summed E-state index contributed by atoms with van der Waals surface area (Å²) in [6.45, 7) is 3.19. The number of benzene rings is 1. The first-order valence-electron chi connectivity index (χ1n) is 6.93. The number of aliphatic hydroxyl groups is 1. The molecular formula is C14H14F3N3O4. The molecule has 0 spiro atoms. The molecule has 7 nitrogen and oxygen atoms in total. The fourth-order valence-electron chi connectivity index (χ4n) is 2.18. The third kappa shape index (κ3) is 2.96. The van der Waals surface area contributed by atoms with Crippen molar-refractivity contribution in [1.82, 2.24) is 5.01 Å². The quantitative estimate of drug-likeness (QED) is 0.673. The van der Waals surface area contributed by atoms with E-state index >= 15 is 0 Å². The second-order valence-electron chi connectivity index (χ2n) is 5.66. The Morgan fingerprint density at radius 1 is 1.38 bits per heavy atom. The van der Waals surface area contributed by atoms with Crippen LogP contribution in [0.25, 0.3) is 0 Å². The minimum atomic E-state index is -5.11. The van der Waals surface area contributed by atoms with Crippen molar-refractivity contribution in [3.8, 4) is 0 Å². The molecule has 0 fully saturated rings. The molecule has 0 unspecified atom stereocenters. The van der Waals surface area contributed by atoms with Gasteiger partial charge in [0.1, 0.15) is 0 Å². The molecule has 2 rings (SSSR count). The highest BCUT2D eigenvalue weighted by Crippen LogP contribution is 2.42. The summed E-state index contributed by atoms with van der Waals surface area (Å²) in [6.07, 6.45) is -5.95. The molecule has 10 heteroatoms. The van der Waals surface area contributed by atoms with E-state index in [2.05, 4.69) is 5.10 Å². The topological polar surface area (TPSA) is 96.0 Å². The lowest BCUT2D eigenvalue weighted by Gasteiger charge is -2.32. The van der Waals surface area contributed by atoms with Crippen LogP contribution < -0.4 is 0 Å². The predicted octanol–water partition coefficient (Wildman–Crippen LogP) is 2.70. The van der Waals surface area contributed by atoms with Crippen molar-refractivity contribution in [3.63, 3.8) is 0 Å². The van der Waals surface area contributed by atoms with E-state index in [0.717, 1.165) is 24.3 Å². The fourth-order valence-corrected chi connectivity index (χ4v) is 2.18. The number of hydrazone groups is 1. The molecule has 1 atom stereocenters. The molecule has 0 radical (unpaired) electrons. The number of nitro benzene ring substituents is 1. The van der Waals surface area contributed by atoms with E-state index in [1.54, 1.807) is 13.8 Å². The van der Waals surface area contributed by atoms with E-state index in [1.165, 1.54) is 0 Å². The van der Waals surface area contributed by atoms with Crippen LogP contribution in [-0.4, -0.2) is 38.6 Å². The average molecular weight is 345 g/mol. The summed E-state index contributed by atoms with van der Waals surface area (Å²) in [7, 11) is 0. The molecule has 0 aliphatic carbocycles. The maximum absolute atomic E-state index is 13.3. The lowest BCUT2D eigenvalue weighted by atomic mass is 9.98. The van der Waals surface area contributed by atoms with Crippen LogP contribution in [0.4, 0.5) is 18.9 Å². The predicted molar refractivity (Wildman–Crippen MR) is 77.2 cm³/mol. The van der Waals surface area contributed by atoms with Gasteiger partial charge in [-0.1, -0.05) is 13.8 Å². The van der Waals surface area contributed by atoms with E-state index in [0.29, 0.717) is 0 Å². The number of amides is 1. The smallest absolute Gasteiger partial charge is 0.362 e. The van der Waals surface area contributed by atoms with Crippen LogP contribution in [0.1, 0.15) is 30.6 Å². The Hall–Kier alpha value is -2.49. The average Bonchev–Trinajstić information content (AvgIpc) is 2.86. The van der Waals surface area contributed by atoms with Crippen molar-refractivity contribution in [2.45, 2.75) is 32.2 Å². The highest BCUT2D eigenvalue weighted by Gasteiger charge is 2.63. The minimum absolute atomic E-state index is 0.00347. The molecule has 0 saturated heterocycles. The van der Waals surface area contributed by atoms with Crippen molar-refractivity contribution < 1.29 is 28.0 Å². The van der Waals surface area contributed by atoms with Crippen molar-refractivity contribution >= 4 is 17.3 Å². The largest absolute Gasteiger partial charge is 0.438 e. The van der Waals surface area contributed by atoms with Gasteiger partial charge in [0.15, 0.2) is 0 Å². The maximum Gasteiger partial charge on any atom is 0.438 e. The summed E-state index contributed by atoms with van der Waals surface area (Å²) in [4.78, 5) is 22.2. The molecular weight excluding hydrogens is 331 g/mol. The van der Waals surface area contributed by atoms with Gasteiger partial charge in [-0.05, 0) is 18.1 Å². The Balaban J connectivity index is 2.42. The number of carbonyl (C=O) groups is 1. The van der Waals surface area contributed by atoms with Gasteiger partial charge in [0, 0.05) is 29.8 Å². The van der Waals surface area contributed by atoms with Crippen LogP contribution in [0.5, 0.6) is 0 Å². The summed E-state index contributed by atoms with van der Waals surface area (Å²) in [6, 6.07) is 4.01. The Kier molecular flexibility index (Phi) is 4.36. The van der Waals surface area contributed by atoms with Crippen LogP contribution in [0, 0.1) is 16.0 Å². The van der Waals surface area contributed by atoms with Gasteiger partial charge in [-0.3, -0.25) is 14.9 Å². The molecule has 1 aliphatic rings. The van der Waals surface area contributed by atoms with Crippen LogP contribution in [0.2, 0.25) is 0 Å². The molecule has 1 aromatic carbocycles. The van der Waals surface area contributed by atoms with E-state index < -0.39 is 35.1 Å². The second kappa shape index (κ2) is 5.86. The van der Waals surface area contributed by atoms with E-state index in [1.807, 2.05) is 0 Å². The molecule has 1 amide bonds. The van der Waals surface area contributed by atoms with Gasteiger partial charge in [0.2, 0.25) is 0 Å². The first-order valence-corrected chi connectivity index (χ1v) is 6.93. The first-order chi connectivity index (χ1) is 11.0. The highest BCUT2D eigenvalue weighted by molar-refractivity contribution is 5.98. The van der Waals surface area contributed by atoms with Crippen molar-refractivity contribution in [1.29, 1.82) is 0 Å². The lowest BCUT2D eigenvalue weighted by molar-refractivity contribution is -0.384. The van der Waals surface area contributed by atoms with Crippen LogP contribution in [0.3, 0.4) is 0 Å². The first kappa shape index (κ1) is 17.9. The summed E-state index contributed by atoms with van der Waals surface area (Å²) in [5, 5.41) is 24.3. The van der Waals surface area contributed by atoms with Crippen molar-refractivity contribution in [2.75, 3.05) is 0 Å². The molecule has 24 heavy (non-hydrogen) atoms. The molecule has 0 bridgehead atoms. The third-order valence-electron chi connectivity index (χ3n) is 3.64. The number of alkyl halides is 3. The number of hydrogen-bond acceptors (Lipinski definition) is 5. The standard InChI is InChI=1S/C14H14F3N3O4/c1-8(2)11-7-13(22,14(15,16)17)19(18-11)12(21)9-3-5-10(6-4-9)20(23)24/h3-6,8,22H,7H2,1-2H3/t13-/m0/s1. The summed E-state index contributed by atoms with van der Waals surface area (Å²) >= 11 is 0. The van der Waals surface area contributed by atoms with Crippen LogP contribution >= 0.6 is 0 Å². The minimum Gasteiger partial charge on any atom is -0.362 e. The van der Waals surface area contributed by atoms with Gasteiger partial charge in [-0.15, -0.1) is 0 Å². The number of rotatable bonds is 3. The number of hydrogen-bond donors (Lipinski definition) is 1. The van der Waals surface area contributed by atoms with Gasteiger partial charge in [-0.2, -0.15) is 23.3 Å². The lowest BCUT2D eigenvalue weighted by Crippen LogP contribution is -2.56. The summed E-state index contributed by atoms with van der Waals surface area (Å²) in [5.41, 5.74) is -3.97. The van der Waals surface area contributed by atoms with Gasteiger partial charge in [0.25, 0.3) is 17.3 Å². The molecule has 1 heterocycles. The molecule has 0 saturated carbocycles. The normalized spacial score (nSPS) is 21.1. The number of nitro groups is 1. The maximum atomic E-state index is 13.3. The molecule has 1 N–H and O–H groups in total. The SMILES string of the molecule is CC(C)C1=NN(C(=O)c2ccc([N+](=O)[O-])cc2)[C@@](O)(C(F)(F)F)C1. The zero-order chi connectivity index (χ0) is 18.3. The van der Waals surface area contributed by atoms with E-state index in [-0.39, 0.29) is 22.0 Å². The molecule has 130 valence electrons. The molecule has 0 aromatic heterocycles. The van der Waals surface area contributed by atoms with Crippen LogP contribution in [0.15, 0.2) is 29.4 Å². The van der Waals surface area contributed by atoms with Gasteiger partial charge in [0.05, 0.1) is 4.92 Å².